The average Bonchev–Trinajstić information content (AvgIpc) is 3.20. The maximum atomic E-state index is 12.3. The Kier molecular flexibility index (Phi) is 4.30. The Bertz CT molecular complexity index is 709. The number of H-pyrrole nitrogens is 1. The molecular formula is C16H21N5O3. The number of amides is 2. The van der Waals surface area contributed by atoms with Crippen molar-refractivity contribution < 1.29 is 14.3 Å². The molecule has 0 radical (unpaired) electrons. The first-order chi connectivity index (χ1) is 11.6. The van der Waals surface area contributed by atoms with Crippen LogP contribution in [0.3, 0.4) is 0 Å². The van der Waals surface area contributed by atoms with Gasteiger partial charge in [0.2, 0.25) is 6.41 Å². The number of aromatic nitrogens is 1. The van der Waals surface area contributed by atoms with Gasteiger partial charge in [0.25, 0.3) is 5.91 Å². The van der Waals surface area contributed by atoms with Crippen LogP contribution in [0.15, 0.2) is 30.1 Å². The van der Waals surface area contributed by atoms with E-state index in [0.717, 1.165) is 17.9 Å². The third kappa shape index (κ3) is 2.65. The Labute approximate surface area is 140 Å². The number of carbonyl (C=O) groups excluding carboxylic acids is 2. The van der Waals surface area contributed by atoms with Gasteiger partial charge in [0.15, 0.2) is 18.3 Å². The molecule has 0 fully saturated rings. The Balaban J connectivity index is 1.86. The number of allylic oxidation sites excluding steroid dienone is 1. The molecule has 1 aromatic rings. The lowest BCUT2D eigenvalue weighted by molar-refractivity contribution is -0.117. The summed E-state index contributed by atoms with van der Waals surface area (Å²) in [5.41, 5.74) is 1.38. The number of rotatable bonds is 5. The number of nitrogens with zero attached hydrogens (tertiary/aromatic N) is 3. The molecule has 3 rings (SSSR count). The summed E-state index contributed by atoms with van der Waals surface area (Å²) in [5.74, 6) is 1.31. The van der Waals surface area contributed by atoms with Crippen LogP contribution in [0.2, 0.25) is 0 Å². The summed E-state index contributed by atoms with van der Waals surface area (Å²) in [5, 5.41) is 3.06. The van der Waals surface area contributed by atoms with Crippen LogP contribution >= 0.6 is 0 Å². The zero-order valence-electron chi connectivity index (χ0n) is 13.9. The molecule has 1 aromatic heterocycles. The number of anilines is 1. The normalized spacial score (nSPS) is 19.0. The van der Waals surface area contributed by atoms with Crippen molar-refractivity contribution in [2.45, 2.75) is 13.1 Å². The lowest BCUT2D eigenvalue weighted by atomic mass is 10.2. The highest BCUT2D eigenvalue weighted by atomic mass is 16.5. The number of aromatic amines is 1. The molecule has 0 bridgehead atoms. The van der Waals surface area contributed by atoms with E-state index in [1.807, 2.05) is 24.0 Å². The highest BCUT2D eigenvalue weighted by molar-refractivity contribution is 5.94. The van der Waals surface area contributed by atoms with Crippen LogP contribution < -0.4 is 15.0 Å². The highest BCUT2D eigenvalue weighted by Gasteiger charge is 2.29. The molecule has 0 saturated carbocycles. The molecule has 2 amide bonds. The summed E-state index contributed by atoms with van der Waals surface area (Å²) >= 11 is 0. The van der Waals surface area contributed by atoms with Gasteiger partial charge in [-0.1, -0.05) is 0 Å². The van der Waals surface area contributed by atoms with Crippen molar-refractivity contribution >= 4 is 18.1 Å². The number of hydrogen-bond acceptors (Lipinski definition) is 5. The number of ether oxygens (including phenoxy) is 1. The molecule has 0 aromatic carbocycles. The van der Waals surface area contributed by atoms with Gasteiger partial charge in [-0.2, -0.15) is 0 Å². The Morgan fingerprint density at radius 3 is 3.04 bits per heavy atom. The van der Waals surface area contributed by atoms with Gasteiger partial charge in [-0.3, -0.25) is 19.8 Å². The van der Waals surface area contributed by atoms with E-state index in [4.69, 9.17) is 4.74 Å². The first-order valence-corrected chi connectivity index (χ1v) is 7.77. The minimum absolute atomic E-state index is 0.0798. The van der Waals surface area contributed by atoms with E-state index < -0.39 is 0 Å². The summed E-state index contributed by atoms with van der Waals surface area (Å²) < 4.78 is 5.68. The smallest absolute Gasteiger partial charge is 0.270 e. The monoisotopic (exact) mass is 331 g/mol. The molecule has 24 heavy (non-hydrogen) atoms. The van der Waals surface area contributed by atoms with Crippen LogP contribution in [0.25, 0.3) is 0 Å². The third-order valence-electron chi connectivity index (χ3n) is 4.23. The average molecular weight is 331 g/mol. The number of hydrogen-bond donors (Lipinski definition) is 2. The van der Waals surface area contributed by atoms with E-state index in [0.29, 0.717) is 24.7 Å². The molecule has 0 aliphatic carbocycles. The predicted octanol–water partition coefficient (Wildman–Crippen LogP) is 0.678. The SMILES string of the molecule is CCN(C)C(=O)c1cc2c([nH]1)N(C1=CC(NC)N(C=O)C=C1)CO2. The molecule has 0 saturated heterocycles. The van der Waals surface area contributed by atoms with Crippen LogP contribution in [0.5, 0.6) is 5.75 Å². The van der Waals surface area contributed by atoms with Gasteiger partial charge < -0.3 is 19.5 Å². The lowest BCUT2D eigenvalue weighted by Crippen LogP contribution is -2.41. The summed E-state index contributed by atoms with van der Waals surface area (Å²) in [6.45, 7) is 2.91. The molecule has 8 heteroatoms. The molecule has 2 aliphatic heterocycles. The van der Waals surface area contributed by atoms with Gasteiger partial charge in [0.1, 0.15) is 11.9 Å². The van der Waals surface area contributed by atoms with E-state index in [1.54, 1.807) is 31.3 Å². The molecular weight excluding hydrogens is 310 g/mol. The molecule has 0 spiro atoms. The van der Waals surface area contributed by atoms with Crippen molar-refractivity contribution in [3.8, 4) is 5.75 Å². The first-order valence-electron chi connectivity index (χ1n) is 7.77. The zero-order valence-corrected chi connectivity index (χ0v) is 13.9. The summed E-state index contributed by atoms with van der Waals surface area (Å²) in [4.78, 5) is 31.6. The third-order valence-corrected chi connectivity index (χ3v) is 4.23. The van der Waals surface area contributed by atoms with Gasteiger partial charge in [-0.25, -0.2) is 0 Å². The van der Waals surface area contributed by atoms with Crippen molar-refractivity contribution in [1.82, 2.24) is 20.1 Å². The lowest BCUT2D eigenvalue weighted by Gasteiger charge is -2.29. The summed E-state index contributed by atoms with van der Waals surface area (Å²) in [6, 6.07) is 1.73. The second-order valence-corrected chi connectivity index (χ2v) is 5.61. The first kappa shape index (κ1) is 16.1. The van der Waals surface area contributed by atoms with Gasteiger partial charge in [-0.15, -0.1) is 0 Å². The van der Waals surface area contributed by atoms with Crippen molar-refractivity contribution in [1.29, 1.82) is 0 Å². The number of nitrogens with one attached hydrogen (secondary N) is 2. The van der Waals surface area contributed by atoms with Gasteiger partial charge in [-0.05, 0) is 26.1 Å². The van der Waals surface area contributed by atoms with Crippen molar-refractivity contribution in [3.63, 3.8) is 0 Å². The van der Waals surface area contributed by atoms with Crippen LogP contribution in [0, 0.1) is 0 Å². The topological polar surface area (TPSA) is 80.9 Å². The van der Waals surface area contributed by atoms with Crippen molar-refractivity contribution in [3.05, 3.63) is 35.8 Å². The molecule has 1 unspecified atom stereocenters. The van der Waals surface area contributed by atoms with Crippen LogP contribution in [-0.2, 0) is 4.79 Å². The van der Waals surface area contributed by atoms with Crippen LogP contribution in [0.1, 0.15) is 17.4 Å². The Morgan fingerprint density at radius 2 is 2.38 bits per heavy atom. The fourth-order valence-electron chi connectivity index (χ4n) is 2.67. The highest BCUT2D eigenvalue weighted by Crippen LogP contribution is 2.37. The fourth-order valence-corrected chi connectivity index (χ4v) is 2.67. The number of likely N-dealkylation sites (N-methyl/N-ethyl adjacent to an activating group) is 1. The minimum atomic E-state index is -0.228. The second-order valence-electron chi connectivity index (χ2n) is 5.61. The van der Waals surface area contributed by atoms with E-state index >= 15 is 0 Å². The Morgan fingerprint density at radius 1 is 1.58 bits per heavy atom. The summed E-state index contributed by atoms with van der Waals surface area (Å²) in [6.07, 6.45) is 6.01. The molecule has 128 valence electrons. The summed E-state index contributed by atoms with van der Waals surface area (Å²) in [7, 11) is 3.54. The standard InChI is InChI=1S/C16H21N5O3/c1-4-19(3)16(23)12-8-13-15(18-12)21(10-24-13)11-5-6-20(9-22)14(7-11)17-2/h5-9,14,17-18H,4,10H2,1-3H3. The quantitative estimate of drug-likeness (QED) is 0.776. The van der Waals surface area contributed by atoms with Crippen LogP contribution in [-0.4, -0.2) is 60.6 Å². The Hall–Kier alpha value is -2.74. The van der Waals surface area contributed by atoms with Gasteiger partial charge >= 0.3 is 0 Å². The fraction of sp³-hybridized carbons (Fsp3) is 0.375. The van der Waals surface area contributed by atoms with Crippen LogP contribution in [0.4, 0.5) is 5.82 Å². The van der Waals surface area contributed by atoms with Crippen molar-refractivity contribution in [2.24, 2.45) is 0 Å². The minimum Gasteiger partial charge on any atom is -0.469 e. The number of carbonyl (C=O) groups is 2. The van der Waals surface area contributed by atoms with E-state index in [9.17, 15) is 9.59 Å². The second kappa shape index (κ2) is 6.40. The zero-order chi connectivity index (χ0) is 17.3. The molecule has 2 aliphatic rings. The van der Waals surface area contributed by atoms with Gasteiger partial charge in [0, 0.05) is 31.6 Å². The molecule has 8 nitrogen and oxygen atoms in total. The van der Waals surface area contributed by atoms with E-state index in [1.165, 1.54) is 4.90 Å². The van der Waals surface area contributed by atoms with E-state index in [-0.39, 0.29) is 12.1 Å². The maximum absolute atomic E-state index is 12.3. The maximum Gasteiger partial charge on any atom is 0.270 e. The van der Waals surface area contributed by atoms with E-state index in [2.05, 4.69) is 10.3 Å². The number of fused-ring (bicyclic) bond motifs is 1. The molecule has 3 heterocycles. The molecule has 2 N–H and O–H groups in total. The molecule has 1 atom stereocenters. The predicted molar refractivity (Wildman–Crippen MR) is 89.4 cm³/mol. The van der Waals surface area contributed by atoms with Crippen molar-refractivity contribution in [2.75, 3.05) is 32.3 Å². The largest absolute Gasteiger partial charge is 0.469 e. The van der Waals surface area contributed by atoms with Gasteiger partial charge in [0.05, 0.1) is 0 Å².